The van der Waals surface area contributed by atoms with Crippen LogP contribution in [0.5, 0.6) is 0 Å². The van der Waals surface area contributed by atoms with Crippen molar-refractivity contribution < 1.29 is 24.2 Å². The van der Waals surface area contributed by atoms with E-state index in [9.17, 15) is 14.7 Å². The summed E-state index contributed by atoms with van der Waals surface area (Å²) in [4.78, 5) is 28.8. The van der Waals surface area contributed by atoms with Crippen LogP contribution in [0.3, 0.4) is 0 Å². The van der Waals surface area contributed by atoms with Crippen LogP contribution in [0.2, 0.25) is 0 Å². The fourth-order valence-corrected chi connectivity index (χ4v) is 8.00. The number of aliphatic hydroxyl groups is 1. The number of carbonyl (C=O) groups excluding carboxylic acids is 2. The Balaban J connectivity index is 1.10. The van der Waals surface area contributed by atoms with E-state index < -0.39 is 6.29 Å². The molecule has 9 nitrogen and oxygen atoms in total. The zero-order valence-electron chi connectivity index (χ0n) is 31.1. The number of amides is 2. The molecule has 5 atom stereocenters. The normalized spacial score (nSPS) is 23.9. The maximum Gasteiger partial charge on any atom is 0.220 e. The molecule has 6 rings (SSSR count). The van der Waals surface area contributed by atoms with Crippen molar-refractivity contribution in [3.05, 3.63) is 95.1 Å². The molecule has 0 unspecified atom stereocenters. The van der Waals surface area contributed by atoms with Crippen molar-refractivity contribution in [1.82, 2.24) is 20.4 Å². The van der Waals surface area contributed by atoms with Crippen LogP contribution in [0.1, 0.15) is 99.9 Å². The van der Waals surface area contributed by atoms with E-state index in [4.69, 9.17) is 9.47 Å². The minimum absolute atomic E-state index is 0.00996. The summed E-state index contributed by atoms with van der Waals surface area (Å²) < 4.78 is 13.6. The molecule has 3 heterocycles. The van der Waals surface area contributed by atoms with Crippen LogP contribution in [0.15, 0.2) is 72.8 Å². The highest BCUT2D eigenvalue weighted by atomic mass is 16.7. The van der Waals surface area contributed by atoms with Crippen molar-refractivity contribution in [2.24, 2.45) is 5.92 Å². The van der Waals surface area contributed by atoms with Gasteiger partial charge in [-0.3, -0.25) is 14.5 Å². The number of rotatable bonds is 16. The van der Waals surface area contributed by atoms with Crippen LogP contribution in [0.4, 0.5) is 0 Å². The van der Waals surface area contributed by atoms with E-state index >= 15 is 0 Å². The van der Waals surface area contributed by atoms with Gasteiger partial charge in [0, 0.05) is 57.0 Å². The molecule has 3 fully saturated rings. The molecule has 3 N–H and O–H groups in total. The molecule has 3 saturated heterocycles. The summed E-state index contributed by atoms with van der Waals surface area (Å²) in [6, 6.07) is 25.5. The molecular weight excluding hydrogens is 652 g/mol. The number of benzene rings is 3. The summed E-state index contributed by atoms with van der Waals surface area (Å²) in [7, 11) is 0. The number of nitrogens with zero attached hydrogens (tertiary/aromatic N) is 2. The van der Waals surface area contributed by atoms with Gasteiger partial charge in [0.15, 0.2) is 6.29 Å². The van der Waals surface area contributed by atoms with E-state index in [1.807, 2.05) is 24.3 Å². The number of ether oxygens (including phenoxy) is 2. The number of carbonyl (C=O) groups is 2. The Hall–Kier alpha value is -3.60. The lowest BCUT2D eigenvalue weighted by Crippen LogP contribution is -2.48. The molecule has 0 aliphatic carbocycles. The van der Waals surface area contributed by atoms with Crippen LogP contribution in [-0.4, -0.2) is 78.1 Å². The highest BCUT2D eigenvalue weighted by molar-refractivity contribution is 5.76. The SMILES string of the molecule is CC(=O)NCCCCCC(=O)NCc1cccc(-c2ccc([C@H]3O[C@@H](CN4CCC[C@H]4CN4CCCC4)[C@@H](C)[C@@H](c4ccc(CO)cc4)O3)cc2)c1. The van der Waals surface area contributed by atoms with E-state index in [0.29, 0.717) is 25.6 Å². The van der Waals surface area contributed by atoms with E-state index in [1.165, 1.54) is 45.7 Å². The first-order valence-electron chi connectivity index (χ1n) is 19.5. The zero-order valence-corrected chi connectivity index (χ0v) is 31.1. The van der Waals surface area contributed by atoms with Crippen LogP contribution in [-0.2, 0) is 32.2 Å². The smallest absolute Gasteiger partial charge is 0.220 e. The number of unbranched alkanes of at least 4 members (excludes halogenated alkanes) is 2. The van der Waals surface area contributed by atoms with Gasteiger partial charge < -0.3 is 30.1 Å². The van der Waals surface area contributed by atoms with Gasteiger partial charge in [-0.15, -0.1) is 0 Å². The number of hydrogen-bond acceptors (Lipinski definition) is 7. The van der Waals surface area contributed by atoms with Crippen LogP contribution < -0.4 is 10.6 Å². The molecule has 52 heavy (non-hydrogen) atoms. The Kier molecular flexibility index (Phi) is 13.9. The molecule has 0 radical (unpaired) electrons. The third-order valence-electron chi connectivity index (χ3n) is 11.1. The summed E-state index contributed by atoms with van der Waals surface area (Å²) in [6.07, 6.45) is 7.58. The van der Waals surface area contributed by atoms with Gasteiger partial charge in [-0.25, -0.2) is 0 Å². The van der Waals surface area contributed by atoms with Gasteiger partial charge in [-0.2, -0.15) is 0 Å². The second kappa shape index (κ2) is 18.9. The van der Waals surface area contributed by atoms with Gasteiger partial charge in [0.05, 0.1) is 18.8 Å². The molecule has 3 aliphatic rings. The summed E-state index contributed by atoms with van der Waals surface area (Å²) >= 11 is 0. The van der Waals surface area contributed by atoms with Crippen molar-refractivity contribution >= 4 is 11.8 Å². The van der Waals surface area contributed by atoms with E-state index in [0.717, 1.165) is 72.3 Å². The molecule has 3 aliphatic heterocycles. The molecule has 9 heteroatoms. The second-order valence-electron chi connectivity index (χ2n) is 15.0. The lowest BCUT2D eigenvalue weighted by Gasteiger charge is -2.43. The first-order valence-corrected chi connectivity index (χ1v) is 19.5. The Bertz CT molecular complexity index is 1580. The molecule has 0 bridgehead atoms. The van der Waals surface area contributed by atoms with E-state index in [1.54, 1.807) is 0 Å². The standard InChI is InChI=1S/C43H58N4O5/c1-31-40(29-47-25-9-12-39(47)28-46-23-6-7-24-46)51-43(52-42(31)36-16-14-33(30-48)15-17-36)37-20-18-35(19-21-37)38-11-8-10-34(26-38)27-45-41(50)13-4-3-5-22-44-32(2)49/h8,10-11,14-21,26,31,39-40,42-43,48H,3-7,9,12-13,22-25,27-30H2,1-2H3,(H,44,49)(H,45,50)/t31-,39+,40+,42+,43+/m1/s1. The fraction of sp³-hybridized carbons (Fsp3) is 0.535. The lowest BCUT2D eigenvalue weighted by atomic mass is 9.89. The van der Waals surface area contributed by atoms with Crippen LogP contribution >= 0.6 is 0 Å². The number of hydrogen-bond donors (Lipinski definition) is 3. The van der Waals surface area contributed by atoms with E-state index in [2.05, 4.69) is 75.9 Å². The van der Waals surface area contributed by atoms with Crippen molar-refractivity contribution in [2.45, 2.75) is 103 Å². The van der Waals surface area contributed by atoms with Gasteiger partial charge >= 0.3 is 0 Å². The fourth-order valence-electron chi connectivity index (χ4n) is 8.00. The topological polar surface area (TPSA) is 103 Å². The minimum Gasteiger partial charge on any atom is -0.392 e. The summed E-state index contributed by atoms with van der Waals surface area (Å²) in [5.41, 5.74) is 6.24. The molecule has 0 saturated carbocycles. The third-order valence-corrected chi connectivity index (χ3v) is 11.1. The molecule has 0 aromatic heterocycles. The Labute approximate surface area is 310 Å². The molecule has 3 aromatic rings. The van der Waals surface area contributed by atoms with Gasteiger partial charge in [0.25, 0.3) is 0 Å². The largest absolute Gasteiger partial charge is 0.392 e. The predicted molar refractivity (Wildman–Crippen MR) is 204 cm³/mol. The maximum absolute atomic E-state index is 12.4. The lowest BCUT2D eigenvalue weighted by molar-refractivity contribution is -0.276. The average molecular weight is 711 g/mol. The predicted octanol–water partition coefficient (Wildman–Crippen LogP) is 6.51. The summed E-state index contributed by atoms with van der Waals surface area (Å²) in [6.45, 7) is 10.6. The Morgan fingerprint density at radius 1 is 0.808 bits per heavy atom. The van der Waals surface area contributed by atoms with Gasteiger partial charge in [-0.1, -0.05) is 80.1 Å². The first-order chi connectivity index (χ1) is 25.4. The van der Waals surface area contributed by atoms with Crippen molar-refractivity contribution in [1.29, 1.82) is 0 Å². The molecule has 3 aromatic carbocycles. The van der Waals surface area contributed by atoms with Gasteiger partial charge in [0.1, 0.15) is 0 Å². The molecular formula is C43H58N4O5. The Morgan fingerprint density at radius 3 is 2.33 bits per heavy atom. The van der Waals surface area contributed by atoms with Crippen molar-refractivity contribution in [3.8, 4) is 11.1 Å². The summed E-state index contributed by atoms with van der Waals surface area (Å²) in [5, 5.41) is 15.5. The van der Waals surface area contributed by atoms with Crippen molar-refractivity contribution in [3.63, 3.8) is 0 Å². The number of aliphatic hydroxyl groups excluding tert-OH is 1. The van der Waals surface area contributed by atoms with Crippen molar-refractivity contribution in [2.75, 3.05) is 39.3 Å². The first kappa shape index (κ1) is 38.1. The zero-order chi connectivity index (χ0) is 36.3. The molecule has 0 spiro atoms. The maximum atomic E-state index is 12.4. The Morgan fingerprint density at radius 2 is 1.58 bits per heavy atom. The second-order valence-corrected chi connectivity index (χ2v) is 15.0. The molecule has 2 amide bonds. The number of likely N-dealkylation sites (tertiary alicyclic amines) is 2. The number of nitrogens with one attached hydrogen (secondary N) is 2. The van der Waals surface area contributed by atoms with E-state index in [-0.39, 0.29) is 36.5 Å². The highest BCUT2D eigenvalue weighted by Crippen LogP contribution is 2.42. The van der Waals surface area contributed by atoms with Crippen LogP contribution in [0, 0.1) is 5.92 Å². The monoisotopic (exact) mass is 710 g/mol. The third kappa shape index (κ3) is 10.5. The molecule has 280 valence electrons. The van der Waals surface area contributed by atoms with Gasteiger partial charge in [0.2, 0.25) is 11.8 Å². The summed E-state index contributed by atoms with van der Waals surface area (Å²) in [5.74, 6) is 0.182. The minimum atomic E-state index is -0.496. The average Bonchev–Trinajstić information content (AvgIpc) is 3.85. The highest BCUT2D eigenvalue weighted by Gasteiger charge is 2.40. The quantitative estimate of drug-likeness (QED) is 0.146. The van der Waals surface area contributed by atoms with Gasteiger partial charge in [-0.05, 0) is 92.0 Å². The van der Waals surface area contributed by atoms with Crippen LogP contribution in [0.25, 0.3) is 11.1 Å².